The Labute approximate surface area is 128 Å². The average molecular weight is 337 g/mol. The highest BCUT2D eigenvalue weighted by Crippen LogP contribution is 2.26. The summed E-state index contributed by atoms with van der Waals surface area (Å²) in [5.74, 6) is -8.94. The van der Waals surface area contributed by atoms with Gasteiger partial charge in [-0.15, -0.1) is 0 Å². The van der Waals surface area contributed by atoms with Gasteiger partial charge in [-0.25, -0.2) is 4.79 Å². The molecule has 0 aromatic heterocycles. The third-order valence-corrected chi connectivity index (χ3v) is 2.86. The fourth-order valence-electron chi connectivity index (χ4n) is 2.02. The summed E-state index contributed by atoms with van der Waals surface area (Å²) in [6, 6.07) is -2.37. The van der Waals surface area contributed by atoms with E-state index in [1.54, 1.807) is 0 Å². The van der Waals surface area contributed by atoms with Crippen LogP contribution in [0.15, 0.2) is 0 Å². The highest BCUT2D eigenvalue weighted by molar-refractivity contribution is 5.92. The third-order valence-electron chi connectivity index (χ3n) is 2.86. The second-order valence-corrected chi connectivity index (χ2v) is 4.40. The van der Waals surface area contributed by atoms with Gasteiger partial charge in [-0.1, -0.05) is 0 Å². The summed E-state index contributed by atoms with van der Waals surface area (Å²) in [5.41, 5.74) is -2.89. The fourth-order valence-corrected chi connectivity index (χ4v) is 2.02. The quantitative estimate of drug-likeness (QED) is 0.274. The van der Waals surface area contributed by atoms with E-state index in [4.69, 9.17) is 15.3 Å². The first-order valence-corrected chi connectivity index (χ1v) is 5.88. The molecule has 0 aromatic carbocycles. The maximum absolute atomic E-state index is 11.4. The lowest BCUT2D eigenvalue weighted by atomic mass is 9.88. The van der Waals surface area contributed by atoms with Gasteiger partial charge in [0.15, 0.2) is 0 Å². The van der Waals surface area contributed by atoms with Gasteiger partial charge in [-0.3, -0.25) is 24.1 Å². The van der Waals surface area contributed by atoms with Gasteiger partial charge in [0, 0.05) is 7.11 Å². The first-order chi connectivity index (χ1) is 10.5. The maximum atomic E-state index is 11.4. The van der Waals surface area contributed by atoms with E-state index in [0.717, 1.165) is 7.11 Å². The van der Waals surface area contributed by atoms with Crippen LogP contribution in [-0.4, -0.2) is 92.1 Å². The van der Waals surface area contributed by atoms with Crippen molar-refractivity contribution >= 4 is 29.8 Å². The van der Waals surface area contributed by atoms with E-state index in [1.165, 1.54) is 0 Å². The van der Waals surface area contributed by atoms with E-state index in [2.05, 4.69) is 4.74 Å². The average Bonchev–Trinajstić information content (AvgIpc) is 2.34. The van der Waals surface area contributed by atoms with Crippen molar-refractivity contribution < 1.29 is 54.2 Å². The van der Waals surface area contributed by atoms with Gasteiger partial charge >= 0.3 is 29.8 Å². The minimum atomic E-state index is -2.89. The van der Waals surface area contributed by atoms with E-state index < -0.39 is 61.0 Å². The number of aliphatic carboxylic acids is 5. The summed E-state index contributed by atoms with van der Waals surface area (Å²) in [4.78, 5) is 55.6. The number of carboxylic acid groups (broad SMARTS) is 5. The number of ether oxygens (including phenoxy) is 1. The molecule has 12 nitrogen and oxygen atoms in total. The molecule has 0 aliphatic rings. The molecule has 0 heterocycles. The van der Waals surface area contributed by atoms with Crippen molar-refractivity contribution in [3.8, 4) is 0 Å². The van der Waals surface area contributed by atoms with Crippen molar-refractivity contribution in [3.05, 3.63) is 0 Å². The van der Waals surface area contributed by atoms with E-state index in [9.17, 15) is 34.2 Å². The molecule has 5 N–H and O–H groups in total. The highest BCUT2D eigenvalue weighted by atomic mass is 16.5. The first-order valence-electron chi connectivity index (χ1n) is 5.88. The third kappa shape index (κ3) is 5.19. The molecule has 0 saturated carbocycles. The molecule has 0 saturated heterocycles. The SMILES string of the molecule is COC(CC(=O)O)(C(=O)O)C(C(=O)O)N(CC(=O)O)CC(=O)O. The molecular formula is C11H15NO11. The Kier molecular flexibility index (Phi) is 7.09. The summed E-state index contributed by atoms with van der Waals surface area (Å²) in [5, 5.41) is 44.8. The van der Waals surface area contributed by atoms with Crippen LogP contribution in [0.5, 0.6) is 0 Å². The molecule has 0 aromatic rings. The number of nitrogens with zero attached hydrogens (tertiary/aromatic N) is 1. The van der Waals surface area contributed by atoms with Crippen molar-refractivity contribution in [2.24, 2.45) is 0 Å². The van der Waals surface area contributed by atoms with Gasteiger partial charge in [0.25, 0.3) is 0 Å². The number of hydrogen-bond donors (Lipinski definition) is 5. The Morgan fingerprint density at radius 3 is 1.57 bits per heavy atom. The number of rotatable bonds is 11. The predicted octanol–water partition coefficient (Wildman–Crippen LogP) is -2.14. The summed E-state index contributed by atoms with van der Waals surface area (Å²) in [6.45, 7) is -2.30. The van der Waals surface area contributed by atoms with Crippen molar-refractivity contribution in [3.63, 3.8) is 0 Å². The van der Waals surface area contributed by atoms with E-state index in [0.29, 0.717) is 0 Å². The molecule has 130 valence electrons. The first kappa shape index (κ1) is 20.3. The van der Waals surface area contributed by atoms with Crippen molar-refractivity contribution in [2.75, 3.05) is 20.2 Å². The zero-order valence-electron chi connectivity index (χ0n) is 11.8. The molecule has 0 bridgehead atoms. The summed E-state index contributed by atoms with van der Waals surface area (Å²) < 4.78 is 4.59. The van der Waals surface area contributed by atoms with E-state index in [-0.39, 0.29) is 4.90 Å². The monoisotopic (exact) mass is 337 g/mol. The van der Waals surface area contributed by atoms with Gasteiger partial charge in [0.1, 0.15) is 6.04 Å². The number of methoxy groups -OCH3 is 1. The topological polar surface area (TPSA) is 199 Å². The van der Waals surface area contributed by atoms with Crippen LogP contribution in [0.1, 0.15) is 6.42 Å². The molecule has 0 aliphatic carbocycles. The molecule has 0 rings (SSSR count). The summed E-state index contributed by atoms with van der Waals surface area (Å²) in [7, 11) is 0.729. The van der Waals surface area contributed by atoms with Crippen LogP contribution >= 0.6 is 0 Å². The molecule has 0 aliphatic heterocycles. The molecule has 2 unspecified atom stereocenters. The standard InChI is InChI=1S/C11H15NO11/c1-23-11(10(21)22,2-5(13)14)8(9(19)20)12(3-6(15)16)4-7(17)18/h8H,2-4H2,1H3,(H,13,14)(H,15,16)(H,17,18)(H,19,20)(H,21,22). The van der Waals surface area contributed by atoms with E-state index >= 15 is 0 Å². The molecule has 23 heavy (non-hydrogen) atoms. The lowest BCUT2D eigenvalue weighted by Crippen LogP contribution is -2.64. The zero-order chi connectivity index (χ0) is 18.4. The van der Waals surface area contributed by atoms with Crippen LogP contribution in [0.2, 0.25) is 0 Å². The van der Waals surface area contributed by atoms with Crippen LogP contribution in [0.25, 0.3) is 0 Å². The minimum absolute atomic E-state index is 0.285. The molecule has 2 atom stereocenters. The molecule has 12 heteroatoms. The second kappa shape index (κ2) is 8.05. The van der Waals surface area contributed by atoms with Gasteiger partial charge in [-0.05, 0) is 0 Å². The van der Waals surface area contributed by atoms with Gasteiger partial charge < -0.3 is 30.3 Å². The van der Waals surface area contributed by atoms with Crippen molar-refractivity contribution in [1.29, 1.82) is 0 Å². The van der Waals surface area contributed by atoms with Crippen molar-refractivity contribution in [1.82, 2.24) is 4.90 Å². The van der Waals surface area contributed by atoms with Crippen LogP contribution in [0.4, 0.5) is 0 Å². The van der Waals surface area contributed by atoms with Gasteiger partial charge in [-0.2, -0.15) is 0 Å². The second-order valence-electron chi connectivity index (χ2n) is 4.40. The van der Waals surface area contributed by atoms with Crippen LogP contribution < -0.4 is 0 Å². The molecule has 0 radical (unpaired) electrons. The molecule has 0 fully saturated rings. The molecule has 0 spiro atoms. The Morgan fingerprint density at radius 1 is 0.913 bits per heavy atom. The predicted molar refractivity (Wildman–Crippen MR) is 67.9 cm³/mol. The highest BCUT2D eigenvalue weighted by Gasteiger charge is 2.55. The molecule has 0 amide bonds. The summed E-state index contributed by atoms with van der Waals surface area (Å²) >= 11 is 0. The maximum Gasteiger partial charge on any atom is 0.338 e. The Hall–Kier alpha value is -2.73. The van der Waals surface area contributed by atoms with Crippen LogP contribution in [0.3, 0.4) is 0 Å². The Morgan fingerprint density at radius 2 is 1.35 bits per heavy atom. The molecular weight excluding hydrogens is 322 g/mol. The van der Waals surface area contributed by atoms with E-state index in [1.807, 2.05) is 0 Å². The summed E-state index contributed by atoms with van der Waals surface area (Å²) in [6.07, 6.45) is -1.33. The van der Waals surface area contributed by atoms with Crippen LogP contribution in [0, 0.1) is 0 Å². The fraction of sp³-hybridized carbons (Fsp3) is 0.545. The number of carboxylic acids is 5. The van der Waals surface area contributed by atoms with Crippen LogP contribution in [-0.2, 0) is 28.7 Å². The number of carbonyl (C=O) groups is 5. The lowest BCUT2D eigenvalue weighted by Gasteiger charge is -2.37. The Bertz CT molecular complexity index is 500. The Balaban J connectivity index is 6.13. The van der Waals surface area contributed by atoms with Gasteiger partial charge in [0.05, 0.1) is 19.5 Å². The zero-order valence-corrected chi connectivity index (χ0v) is 11.8. The van der Waals surface area contributed by atoms with Crippen molar-refractivity contribution in [2.45, 2.75) is 18.1 Å². The smallest absolute Gasteiger partial charge is 0.338 e. The normalized spacial score (nSPS) is 14.7. The largest absolute Gasteiger partial charge is 0.481 e. The minimum Gasteiger partial charge on any atom is -0.481 e. The van der Waals surface area contributed by atoms with Gasteiger partial charge in [0.2, 0.25) is 5.60 Å². The number of hydrogen-bond acceptors (Lipinski definition) is 7. The lowest BCUT2D eigenvalue weighted by molar-refractivity contribution is -0.188.